The monoisotopic (exact) mass is 257 g/mol. The standard InChI is InChI=1S/C11H12ClNO2S/c1-11(2)7-15-13(10(11)14)16-9-5-3-8(12)4-6-9/h3-6H,7H2,1-2H3. The number of halogens is 1. The summed E-state index contributed by atoms with van der Waals surface area (Å²) in [6.45, 7) is 4.17. The number of hydrogen-bond donors (Lipinski definition) is 0. The van der Waals surface area contributed by atoms with Crippen molar-refractivity contribution in [1.82, 2.24) is 4.47 Å². The van der Waals surface area contributed by atoms with Gasteiger partial charge in [-0.15, -0.1) is 0 Å². The molecule has 0 spiro atoms. The fraction of sp³-hybridized carbons (Fsp3) is 0.364. The maximum absolute atomic E-state index is 11.9. The Bertz CT molecular complexity index is 405. The summed E-state index contributed by atoms with van der Waals surface area (Å²) in [4.78, 5) is 18.1. The van der Waals surface area contributed by atoms with Gasteiger partial charge in [0.1, 0.15) is 0 Å². The molecular formula is C11H12ClNO2S. The molecule has 2 rings (SSSR count). The second kappa shape index (κ2) is 4.28. The maximum Gasteiger partial charge on any atom is 0.265 e. The van der Waals surface area contributed by atoms with E-state index < -0.39 is 5.41 Å². The Kier molecular flexibility index (Phi) is 3.15. The lowest BCUT2D eigenvalue weighted by Crippen LogP contribution is -2.26. The van der Waals surface area contributed by atoms with E-state index in [1.807, 2.05) is 26.0 Å². The molecule has 1 aromatic carbocycles. The lowest BCUT2D eigenvalue weighted by molar-refractivity contribution is -0.140. The zero-order valence-corrected chi connectivity index (χ0v) is 10.6. The van der Waals surface area contributed by atoms with E-state index in [1.165, 1.54) is 16.4 Å². The van der Waals surface area contributed by atoms with Crippen molar-refractivity contribution in [1.29, 1.82) is 0 Å². The van der Waals surface area contributed by atoms with Crippen LogP contribution in [-0.4, -0.2) is 17.0 Å². The predicted molar refractivity (Wildman–Crippen MR) is 63.9 cm³/mol. The van der Waals surface area contributed by atoms with Crippen LogP contribution in [0.4, 0.5) is 0 Å². The average Bonchev–Trinajstić information content (AvgIpc) is 2.49. The average molecular weight is 258 g/mol. The second-order valence-electron chi connectivity index (χ2n) is 4.26. The molecule has 0 radical (unpaired) electrons. The van der Waals surface area contributed by atoms with Gasteiger partial charge in [-0.1, -0.05) is 11.6 Å². The first-order chi connectivity index (χ1) is 7.49. The summed E-state index contributed by atoms with van der Waals surface area (Å²) in [7, 11) is 0. The van der Waals surface area contributed by atoms with E-state index in [2.05, 4.69) is 0 Å². The van der Waals surface area contributed by atoms with Crippen LogP contribution in [0.2, 0.25) is 5.02 Å². The van der Waals surface area contributed by atoms with Crippen molar-refractivity contribution in [2.45, 2.75) is 18.7 Å². The third-order valence-electron chi connectivity index (χ3n) is 2.29. The van der Waals surface area contributed by atoms with Crippen molar-refractivity contribution in [3.8, 4) is 0 Å². The Morgan fingerprint density at radius 2 is 2.00 bits per heavy atom. The van der Waals surface area contributed by atoms with Crippen LogP contribution >= 0.6 is 23.5 Å². The summed E-state index contributed by atoms with van der Waals surface area (Å²) in [5.74, 6) is -0.00699. The minimum Gasteiger partial charge on any atom is -0.271 e. The highest BCUT2D eigenvalue weighted by Crippen LogP contribution is 2.35. The van der Waals surface area contributed by atoms with E-state index in [-0.39, 0.29) is 5.91 Å². The highest BCUT2D eigenvalue weighted by atomic mass is 35.5. The first-order valence-corrected chi connectivity index (χ1v) is 6.05. The first-order valence-electron chi connectivity index (χ1n) is 4.90. The van der Waals surface area contributed by atoms with Crippen LogP contribution in [-0.2, 0) is 9.63 Å². The number of carbonyl (C=O) groups excluding carboxylic acids is 1. The molecule has 5 heteroatoms. The van der Waals surface area contributed by atoms with Gasteiger partial charge >= 0.3 is 0 Å². The molecule has 1 aliphatic rings. The molecular weight excluding hydrogens is 246 g/mol. The summed E-state index contributed by atoms with van der Waals surface area (Å²) >= 11 is 7.05. The Hall–Kier alpha value is -0.710. The van der Waals surface area contributed by atoms with E-state index in [9.17, 15) is 4.79 Å². The number of benzene rings is 1. The summed E-state index contributed by atoms with van der Waals surface area (Å²) in [5.41, 5.74) is -0.431. The van der Waals surface area contributed by atoms with Gasteiger partial charge < -0.3 is 0 Å². The largest absolute Gasteiger partial charge is 0.271 e. The summed E-state index contributed by atoms with van der Waals surface area (Å²) in [6.07, 6.45) is 0. The Labute approximate surface area is 104 Å². The van der Waals surface area contributed by atoms with E-state index in [0.29, 0.717) is 11.6 Å². The van der Waals surface area contributed by atoms with Crippen molar-refractivity contribution in [2.24, 2.45) is 5.41 Å². The zero-order valence-electron chi connectivity index (χ0n) is 9.07. The lowest BCUT2D eigenvalue weighted by atomic mass is 9.95. The maximum atomic E-state index is 11.9. The summed E-state index contributed by atoms with van der Waals surface area (Å²) in [5, 5.41) is 0.679. The van der Waals surface area contributed by atoms with E-state index in [0.717, 1.165) is 4.90 Å². The van der Waals surface area contributed by atoms with Gasteiger partial charge in [-0.2, -0.15) is 4.47 Å². The van der Waals surface area contributed by atoms with Crippen LogP contribution in [0.3, 0.4) is 0 Å². The third-order valence-corrected chi connectivity index (χ3v) is 3.46. The molecule has 16 heavy (non-hydrogen) atoms. The van der Waals surface area contributed by atoms with E-state index >= 15 is 0 Å². The summed E-state index contributed by atoms with van der Waals surface area (Å²) in [6, 6.07) is 7.29. The van der Waals surface area contributed by atoms with Crippen LogP contribution in [0.25, 0.3) is 0 Å². The van der Waals surface area contributed by atoms with Crippen LogP contribution in [0, 0.1) is 5.41 Å². The van der Waals surface area contributed by atoms with Crippen molar-refractivity contribution < 1.29 is 9.63 Å². The first kappa shape index (κ1) is 11.8. The summed E-state index contributed by atoms with van der Waals surface area (Å²) < 4.78 is 1.34. The van der Waals surface area contributed by atoms with Gasteiger partial charge in [0.25, 0.3) is 5.91 Å². The van der Waals surface area contributed by atoms with Crippen LogP contribution in [0.15, 0.2) is 29.2 Å². The van der Waals surface area contributed by atoms with Gasteiger partial charge in [0.15, 0.2) is 0 Å². The molecule has 1 heterocycles. The molecule has 1 amide bonds. The fourth-order valence-corrected chi connectivity index (χ4v) is 2.26. The zero-order chi connectivity index (χ0) is 11.8. The van der Waals surface area contributed by atoms with Crippen LogP contribution in [0.5, 0.6) is 0 Å². The normalized spacial score (nSPS) is 19.2. The molecule has 1 saturated heterocycles. The minimum absolute atomic E-state index is 0.00699. The number of hydrogen-bond acceptors (Lipinski definition) is 3. The van der Waals surface area contributed by atoms with Gasteiger partial charge in [-0.3, -0.25) is 9.63 Å². The Morgan fingerprint density at radius 3 is 2.50 bits per heavy atom. The number of nitrogens with zero attached hydrogens (tertiary/aromatic N) is 1. The number of carbonyl (C=O) groups is 1. The molecule has 86 valence electrons. The molecule has 0 atom stereocenters. The molecule has 0 unspecified atom stereocenters. The predicted octanol–water partition coefficient (Wildman–Crippen LogP) is 3.15. The van der Waals surface area contributed by atoms with Gasteiger partial charge in [-0.05, 0) is 38.1 Å². The van der Waals surface area contributed by atoms with Crippen molar-refractivity contribution in [3.63, 3.8) is 0 Å². The molecule has 1 fully saturated rings. The molecule has 1 aromatic rings. The molecule has 0 aromatic heterocycles. The topological polar surface area (TPSA) is 29.5 Å². The van der Waals surface area contributed by atoms with Gasteiger partial charge in [0.05, 0.1) is 12.0 Å². The highest BCUT2D eigenvalue weighted by molar-refractivity contribution is 7.97. The van der Waals surface area contributed by atoms with Crippen molar-refractivity contribution in [3.05, 3.63) is 29.3 Å². The number of amides is 1. The van der Waals surface area contributed by atoms with E-state index in [1.54, 1.807) is 12.1 Å². The highest BCUT2D eigenvalue weighted by Gasteiger charge is 2.41. The smallest absolute Gasteiger partial charge is 0.265 e. The Balaban J connectivity index is 2.07. The molecule has 0 bridgehead atoms. The van der Waals surface area contributed by atoms with Gasteiger partial charge in [0.2, 0.25) is 0 Å². The number of rotatable bonds is 2. The molecule has 3 nitrogen and oxygen atoms in total. The van der Waals surface area contributed by atoms with Crippen molar-refractivity contribution >= 4 is 29.5 Å². The Morgan fingerprint density at radius 1 is 1.38 bits per heavy atom. The van der Waals surface area contributed by atoms with Crippen molar-refractivity contribution in [2.75, 3.05) is 6.61 Å². The SMILES string of the molecule is CC1(C)CON(Sc2ccc(Cl)cc2)C1=O. The van der Waals surface area contributed by atoms with Gasteiger partial charge in [-0.25, -0.2) is 0 Å². The molecule has 0 aliphatic carbocycles. The van der Waals surface area contributed by atoms with Crippen LogP contribution in [0.1, 0.15) is 13.8 Å². The third kappa shape index (κ3) is 2.34. The molecule has 1 aliphatic heterocycles. The van der Waals surface area contributed by atoms with Gasteiger partial charge in [0, 0.05) is 21.9 Å². The number of hydroxylamine groups is 1. The lowest BCUT2D eigenvalue weighted by Gasteiger charge is -2.14. The quantitative estimate of drug-likeness (QED) is 0.763. The minimum atomic E-state index is -0.431. The second-order valence-corrected chi connectivity index (χ2v) is 5.69. The molecule has 0 N–H and O–H groups in total. The van der Waals surface area contributed by atoms with E-state index in [4.69, 9.17) is 16.4 Å². The van der Waals surface area contributed by atoms with Crippen LogP contribution < -0.4 is 0 Å². The fourth-order valence-electron chi connectivity index (χ4n) is 1.25. The molecule has 0 saturated carbocycles.